The third-order valence-electron chi connectivity index (χ3n) is 4.98. The molecule has 0 saturated carbocycles. The van der Waals surface area contributed by atoms with E-state index in [2.05, 4.69) is 70.3 Å². The number of aromatic nitrogens is 3. The molecule has 2 heterocycles. The quantitative estimate of drug-likeness (QED) is 0.632. The van der Waals surface area contributed by atoms with Crippen molar-refractivity contribution in [3.05, 3.63) is 47.5 Å². The first-order valence-electron chi connectivity index (χ1n) is 9.58. The van der Waals surface area contributed by atoms with Gasteiger partial charge in [-0.05, 0) is 18.4 Å². The molecule has 1 fully saturated rings. The molecule has 1 N–H and O–H groups in total. The van der Waals surface area contributed by atoms with E-state index in [0.29, 0.717) is 24.3 Å². The topological polar surface area (TPSA) is 58.3 Å². The molecule has 1 saturated heterocycles. The Labute approximate surface area is 166 Å². The lowest BCUT2D eigenvalue weighted by Crippen LogP contribution is -2.49. The summed E-state index contributed by atoms with van der Waals surface area (Å²) < 4.78 is 2.02. The van der Waals surface area contributed by atoms with Crippen LogP contribution >= 0.6 is 11.8 Å². The maximum Gasteiger partial charge on any atom is 0.194 e. The second-order valence-electron chi connectivity index (χ2n) is 7.30. The number of hydrogen-bond donors (Lipinski definition) is 1. The summed E-state index contributed by atoms with van der Waals surface area (Å²) in [5, 5.41) is 12.6. The van der Waals surface area contributed by atoms with Gasteiger partial charge in [-0.2, -0.15) is 11.8 Å². The fourth-order valence-electron chi connectivity index (χ4n) is 3.05. The number of guanidine groups is 1. The SMILES string of the molecule is Cc1nnc(CNC(=NCc2ccccc2)N2CCSC(C(C)C)C2)n1C. The van der Waals surface area contributed by atoms with E-state index in [1.165, 1.54) is 5.56 Å². The Hall–Kier alpha value is -2.02. The number of rotatable bonds is 5. The number of nitrogens with zero attached hydrogens (tertiary/aromatic N) is 5. The van der Waals surface area contributed by atoms with E-state index >= 15 is 0 Å². The molecule has 146 valence electrons. The van der Waals surface area contributed by atoms with Gasteiger partial charge in [-0.15, -0.1) is 10.2 Å². The third-order valence-corrected chi connectivity index (χ3v) is 6.52. The van der Waals surface area contributed by atoms with E-state index in [9.17, 15) is 0 Å². The molecule has 0 aliphatic carbocycles. The average molecular weight is 387 g/mol. The number of aliphatic imine (C=N–C) groups is 1. The smallest absolute Gasteiger partial charge is 0.194 e. The van der Waals surface area contributed by atoms with Crippen molar-refractivity contribution in [3.8, 4) is 0 Å². The number of benzene rings is 1. The summed E-state index contributed by atoms with van der Waals surface area (Å²) in [7, 11) is 2.00. The normalized spacial score (nSPS) is 18.2. The van der Waals surface area contributed by atoms with Crippen LogP contribution < -0.4 is 5.32 Å². The first-order chi connectivity index (χ1) is 13.0. The Balaban J connectivity index is 1.74. The van der Waals surface area contributed by atoms with Gasteiger partial charge < -0.3 is 14.8 Å². The summed E-state index contributed by atoms with van der Waals surface area (Å²) in [6.45, 7) is 9.93. The zero-order valence-corrected chi connectivity index (χ0v) is 17.5. The molecule has 0 spiro atoms. The predicted molar refractivity (Wildman–Crippen MR) is 113 cm³/mol. The van der Waals surface area contributed by atoms with Crippen molar-refractivity contribution in [3.63, 3.8) is 0 Å². The van der Waals surface area contributed by atoms with Crippen LogP contribution in [0.25, 0.3) is 0 Å². The standard InChI is InChI=1S/C20H30N6S/c1-15(2)18-14-26(10-11-27-18)20(21-12-17-8-6-5-7-9-17)22-13-19-24-23-16(3)25(19)4/h5-9,15,18H,10-14H2,1-4H3,(H,21,22). The minimum Gasteiger partial charge on any atom is -0.349 e. The molecule has 1 aromatic carbocycles. The average Bonchev–Trinajstić information content (AvgIpc) is 3.01. The van der Waals surface area contributed by atoms with Gasteiger partial charge in [0.2, 0.25) is 0 Å². The summed E-state index contributed by atoms with van der Waals surface area (Å²) in [5.74, 6) is 4.60. The number of hydrogen-bond acceptors (Lipinski definition) is 4. The van der Waals surface area contributed by atoms with Crippen LogP contribution in [0.3, 0.4) is 0 Å². The fourth-order valence-corrected chi connectivity index (χ4v) is 4.35. The molecular formula is C20H30N6S. The minimum absolute atomic E-state index is 0.626. The molecule has 2 aromatic rings. The molecule has 0 amide bonds. The summed E-state index contributed by atoms with van der Waals surface area (Å²) in [6.07, 6.45) is 0. The molecule has 3 rings (SSSR count). The highest BCUT2D eigenvalue weighted by atomic mass is 32.2. The molecule has 1 aliphatic rings. The fraction of sp³-hybridized carbons (Fsp3) is 0.550. The highest BCUT2D eigenvalue weighted by Gasteiger charge is 2.25. The Morgan fingerprint density at radius 3 is 2.74 bits per heavy atom. The summed E-state index contributed by atoms with van der Waals surface area (Å²) in [4.78, 5) is 7.32. The van der Waals surface area contributed by atoms with Crippen LogP contribution in [0.1, 0.15) is 31.1 Å². The van der Waals surface area contributed by atoms with Crippen LogP contribution in [-0.4, -0.2) is 49.7 Å². The van der Waals surface area contributed by atoms with E-state index in [4.69, 9.17) is 4.99 Å². The van der Waals surface area contributed by atoms with Crippen LogP contribution in [0.4, 0.5) is 0 Å². The van der Waals surface area contributed by atoms with Gasteiger partial charge in [-0.25, -0.2) is 4.99 Å². The van der Waals surface area contributed by atoms with Gasteiger partial charge in [0.15, 0.2) is 11.8 Å². The van der Waals surface area contributed by atoms with Crippen LogP contribution in [0.5, 0.6) is 0 Å². The Bertz CT molecular complexity index is 755. The van der Waals surface area contributed by atoms with Gasteiger partial charge in [0.1, 0.15) is 5.82 Å². The molecule has 1 unspecified atom stereocenters. The lowest BCUT2D eigenvalue weighted by Gasteiger charge is -2.36. The molecule has 27 heavy (non-hydrogen) atoms. The van der Waals surface area contributed by atoms with Crippen molar-refractivity contribution in [1.29, 1.82) is 0 Å². The van der Waals surface area contributed by atoms with E-state index in [-0.39, 0.29) is 0 Å². The largest absolute Gasteiger partial charge is 0.349 e. The first kappa shape index (κ1) is 19.7. The Kier molecular flexibility index (Phi) is 6.77. The Morgan fingerprint density at radius 2 is 2.07 bits per heavy atom. The lowest BCUT2D eigenvalue weighted by atomic mass is 10.1. The van der Waals surface area contributed by atoms with Gasteiger partial charge in [-0.3, -0.25) is 0 Å². The molecule has 1 aromatic heterocycles. The summed E-state index contributed by atoms with van der Waals surface area (Å²) >= 11 is 2.08. The van der Waals surface area contributed by atoms with Gasteiger partial charge in [0, 0.05) is 31.1 Å². The molecule has 6 nitrogen and oxygen atoms in total. The lowest BCUT2D eigenvalue weighted by molar-refractivity contribution is 0.379. The van der Waals surface area contributed by atoms with Gasteiger partial charge in [0.05, 0.1) is 13.1 Å². The molecule has 1 aliphatic heterocycles. The van der Waals surface area contributed by atoms with E-state index < -0.39 is 0 Å². The van der Waals surface area contributed by atoms with E-state index in [1.54, 1.807) is 0 Å². The monoisotopic (exact) mass is 386 g/mol. The second kappa shape index (κ2) is 9.26. The first-order valence-corrected chi connectivity index (χ1v) is 10.6. The summed E-state index contributed by atoms with van der Waals surface area (Å²) in [6, 6.07) is 10.4. The maximum atomic E-state index is 4.93. The van der Waals surface area contributed by atoms with Crippen molar-refractivity contribution >= 4 is 17.7 Å². The molecule has 0 bridgehead atoms. The van der Waals surface area contributed by atoms with Crippen molar-refractivity contribution in [2.45, 2.75) is 39.1 Å². The van der Waals surface area contributed by atoms with Gasteiger partial charge in [0.25, 0.3) is 0 Å². The van der Waals surface area contributed by atoms with Crippen molar-refractivity contribution in [1.82, 2.24) is 25.0 Å². The van der Waals surface area contributed by atoms with Crippen molar-refractivity contribution in [2.24, 2.45) is 18.0 Å². The molecule has 1 atom stereocenters. The van der Waals surface area contributed by atoms with Crippen LogP contribution in [0, 0.1) is 12.8 Å². The Morgan fingerprint density at radius 1 is 1.30 bits per heavy atom. The van der Waals surface area contributed by atoms with Crippen LogP contribution in [0.2, 0.25) is 0 Å². The zero-order chi connectivity index (χ0) is 19.2. The van der Waals surface area contributed by atoms with E-state index in [0.717, 1.165) is 36.5 Å². The highest BCUT2D eigenvalue weighted by molar-refractivity contribution is 8.00. The van der Waals surface area contributed by atoms with Crippen molar-refractivity contribution in [2.75, 3.05) is 18.8 Å². The van der Waals surface area contributed by atoms with Gasteiger partial charge >= 0.3 is 0 Å². The van der Waals surface area contributed by atoms with Crippen molar-refractivity contribution < 1.29 is 0 Å². The number of thioether (sulfide) groups is 1. The van der Waals surface area contributed by atoms with Gasteiger partial charge in [-0.1, -0.05) is 44.2 Å². The molecular weight excluding hydrogens is 356 g/mol. The minimum atomic E-state index is 0.626. The maximum absolute atomic E-state index is 4.93. The third kappa shape index (κ3) is 5.25. The highest BCUT2D eigenvalue weighted by Crippen LogP contribution is 2.25. The van der Waals surface area contributed by atoms with Crippen LogP contribution in [-0.2, 0) is 20.1 Å². The summed E-state index contributed by atoms with van der Waals surface area (Å²) in [5.41, 5.74) is 1.22. The number of aryl methyl sites for hydroxylation is 1. The van der Waals surface area contributed by atoms with E-state index in [1.807, 2.05) is 24.6 Å². The van der Waals surface area contributed by atoms with Crippen LogP contribution in [0.15, 0.2) is 35.3 Å². The zero-order valence-electron chi connectivity index (χ0n) is 16.7. The number of nitrogens with one attached hydrogen (secondary N) is 1. The molecule has 0 radical (unpaired) electrons. The molecule has 7 heteroatoms. The predicted octanol–water partition coefficient (Wildman–Crippen LogP) is 2.84. The second-order valence-corrected chi connectivity index (χ2v) is 8.65.